The number of hydrogen-bond donors (Lipinski definition) is 2. The van der Waals surface area contributed by atoms with Crippen LogP contribution in [0.1, 0.15) is 38.2 Å². The molecular formula is C18H28FN3O2S. The molecule has 0 bridgehead atoms. The average molecular weight is 370 g/mol. The van der Waals surface area contributed by atoms with E-state index in [1.54, 1.807) is 13.1 Å². The number of benzene rings is 1. The number of aliphatic imine (C=N–C) groups is 1. The van der Waals surface area contributed by atoms with Crippen LogP contribution >= 0.6 is 0 Å². The summed E-state index contributed by atoms with van der Waals surface area (Å²) >= 11 is 0. The first-order chi connectivity index (χ1) is 12.1. The van der Waals surface area contributed by atoms with Gasteiger partial charge in [-0.05, 0) is 37.0 Å². The molecule has 0 radical (unpaired) electrons. The first-order valence-corrected chi connectivity index (χ1v) is 10.1. The first kappa shape index (κ1) is 19.7. The van der Waals surface area contributed by atoms with Crippen LogP contribution in [0.2, 0.25) is 0 Å². The van der Waals surface area contributed by atoms with Crippen molar-refractivity contribution in [3.8, 4) is 5.75 Å². The van der Waals surface area contributed by atoms with Gasteiger partial charge >= 0.3 is 0 Å². The van der Waals surface area contributed by atoms with Gasteiger partial charge in [-0.15, -0.1) is 0 Å². The van der Waals surface area contributed by atoms with Crippen molar-refractivity contribution in [3.05, 3.63) is 29.6 Å². The smallest absolute Gasteiger partial charge is 0.191 e. The highest BCUT2D eigenvalue weighted by molar-refractivity contribution is 7.85. The van der Waals surface area contributed by atoms with Crippen LogP contribution in [0.3, 0.4) is 0 Å². The van der Waals surface area contributed by atoms with Crippen LogP contribution in [-0.2, 0) is 17.3 Å². The third-order valence-electron chi connectivity index (χ3n) is 4.52. The lowest BCUT2D eigenvalue weighted by atomic mass is 9.95. The third kappa shape index (κ3) is 5.70. The molecule has 3 unspecified atom stereocenters. The molecule has 140 valence electrons. The molecule has 25 heavy (non-hydrogen) atoms. The predicted molar refractivity (Wildman–Crippen MR) is 101 cm³/mol. The van der Waals surface area contributed by atoms with Gasteiger partial charge in [0, 0.05) is 41.4 Å². The summed E-state index contributed by atoms with van der Waals surface area (Å²) in [6, 6.07) is 5.17. The van der Waals surface area contributed by atoms with Gasteiger partial charge in [-0.1, -0.05) is 19.4 Å². The molecule has 7 heteroatoms. The third-order valence-corrected chi connectivity index (χ3v) is 6.26. The molecule has 1 aromatic carbocycles. The molecule has 2 rings (SSSR count). The van der Waals surface area contributed by atoms with Crippen molar-refractivity contribution in [2.24, 2.45) is 4.99 Å². The summed E-state index contributed by atoms with van der Waals surface area (Å²) in [5.41, 5.74) is 0.815. The fraction of sp³-hybridized carbons (Fsp3) is 0.611. The summed E-state index contributed by atoms with van der Waals surface area (Å²) in [5, 5.41) is 6.89. The average Bonchev–Trinajstić information content (AvgIpc) is 2.64. The van der Waals surface area contributed by atoms with Crippen LogP contribution in [-0.4, -0.2) is 41.4 Å². The van der Waals surface area contributed by atoms with Crippen LogP contribution in [0.15, 0.2) is 23.2 Å². The lowest BCUT2D eigenvalue weighted by Crippen LogP contribution is -2.46. The minimum Gasteiger partial charge on any atom is -0.494 e. The van der Waals surface area contributed by atoms with Gasteiger partial charge in [0.25, 0.3) is 0 Å². The molecule has 1 fully saturated rings. The van der Waals surface area contributed by atoms with Crippen molar-refractivity contribution in [3.63, 3.8) is 0 Å². The summed E-state index contributed by atoms with van der Waals surface area (Å²) in [4.78, 5) is 4.24. The Hall–Kier alpha value is -1.63. The monoisotopic (exact) mass is 369 g/mol. The van der Waals surface area contributed by atoms with E-state index in [-0.39, 0.29) is 22.9 Å². The van der Waals surface area contributed by atoms with E-state index in [9.17, 15) is 8.60 Å². The number of nitrogens with one attached hydrogen (secondary N) is 2. The topological polar surface area (TPSA) is 62.7 Å². The minimum atomic E-state index is -0.744. The summed E-state index contributed by atoms with van der Waals surface area (Å²) in [6.45, 7) is 2.44. The van der Waals surface area contributed by atoms with Gasteiger partial charge in [0.1, 0.15) is 0 Å². The van der Waals surface area contributed by atoms with Gasteiger partial charge in [0.15, 0.2) is 17.5 Å². The lowest BCUT2D eigenvalue weighted by molar-refractivity contribution is 0.386. The zero-order valence-corrected chi connectivity index (χ0v) is 16.0. The molecule has 1 aliphatic carbocycles. The van der Waals surface area contributed by atoms with Crippen LogP contribution < -0.4 is 15.4 Å². The number of ether oxygens (including phenoxy) is 1. The van der Waals surface area contributed by atoms with E-state index in [4.69, 9.17) is 4.74 Å². The number of guanidine groups is 1. The maximum absolute atomic E-state index is 13.8. The summed E-state index contributed by atoms with van der Waals surface area (Å²) in [5.74, 6) is 1.27. The van der Waals surface area contributed by atoms with Crippen LogP contribution in [0.4, 0.5) is 4.39 Å². The summed E-state index contributed by atoms with van der Waals surface area (Å²) in [6.07, 6.45) is 4.07. The maximum Gasteiger partial charge on any atom is 0.191 e. The lowest BCUT2D eigenvalue weighted by Gasteiger charge is -2.30. The second kappa shape index (κ2) is 9.75. The first-order valence-electron chi connectivity index (χ1n) is 8.74. The molecule has 0 aliphatic heterocycles. The van der Waals surface area contributed by atoms with E-state index in [0.29, 0.717) is 18.3 Å². The fourth-order valence-corrected chi connectivity index (χ4v) is 4.49. The largest absolute Gasteiger partial charge is 0.494 e. The van der Waals surface area contributed by atoms with Crippen LogP contribution in [0, 0.1) is 5.82 Å². The minimum absolute atomic E-state index is 0.239. The number of methoxy groups -OCH3 is 1. The summed E-state index contributed by atoms with van der Waals surface area (Å²) in [7, 11) is 2.42. The molecule has 3 atom stereocenters. The summed E-state index contributed by atoms with van der Waals surface area (Å²) < 4.78 is 30.7. The van der Waals surface area contributed by atoms with E-state index in [2.05, 4.69) is 15.6 Å². The number of hydrogen-bond acceptors (Lipinski definition) is 3. The molecule has 0 spiro atoms. The standard InChI is InChI=1S/C18H28FN3O2S/c1-4-25(23)15-7-5-6-14(11-15)22-18(20-2)21-12-13-8-9-17(24-3)16(19)10-13/h8-10,14-15H,4-7,11-12H2,1-3H3,(H2,20,21,22). The molecule has 5 nitrogen and oxygen atoms in total. The molecule has 0 heterocycles. The van der Waals surface area contributed by atoms with Crippen molar-refractivity contribution >= 4 is 16.8 Å². The molecule has 0 aromatic heterocycles. The van der Waals surface area contributed by atoms with E-state index in [1.807, 2.05) is 13.0 Å². The van der Waals surface area contributed by atoms with Crippen molar-refractivity contribution < 1.29 is 13.3 Å². The Morgan fingerprint density at radius 1 is 1.44 bits per heavy atom. The van der Waals surface area contributed by atoms with Gasteiger partial charge in [-0.3, -0.25) is 9.20 Å². The highest BCUT2D eigenvalue weighted by atomic mass is 32.2. The van der Waals surface area contributed by atoms with E-state index in [1.165, 1.54) is 13.2 Å². The van der Waals surface area contributed by atoms with Crippen LogP contribution in [0.25, 0.3) is 0 Å². The van der Waals surface area contributed by atoms with E-state index in [0.717, 1.165) is 31.2 Å². The second-order valence-electron chi connectivity index (χ2n) is 6.19. The van der Waals surface area contributed by atoms with E-state index < -0.39 is 10.8 Å². The highest BCUT2D eigenvalue weighted by Gasteiger charge is 2.26. The molecule has 0 saturated heterocycles. The van der Waals surface area contributed by atoms with E-state index >= 15 is 0 Å². The fourth-order valence-electron chi connectivity index (χ4n) is 3.14. The number of rotatable bonds is 6. The van der Waals surface area contributed by atoms with Crippen LogP contribution in [0.5, 0.6) is 5.75 Å². The Balaban J connectivity index is 1.88. The van der Waals surface area contributed by atoms with Crippen molar-refractivity contribution in [2.75, 3.05) is 19.9 Å². The molecule has 1 aromatic rings. The zero-order chi connectivity index (χ0) is 18.2. The van der Waals surface area contributed by atoms with Gasteiger partial charge in [0.2, 0.25) is 0 Å². The Morgan fingerprint density at radius 3 is 2.88 bits per heavy atom. The highest BCUT2D eigenvalue weighted by Crippen LogP contribution is 2.23. The van der Waals surface area contributed by atoms with Gasteiger partial charge in [-0.25, -0.2) is 4.39 Å². The second-order valence-corrected chi connectivity index (χ2v) is 8.20. The Labute approximate surface area is 151 Å². The van der Waals surface area contributed by atoms with Crippen molar-refractivity contribution in [1.82, 2.24) is 10.6 Å². The molecule has 1 saturated carbocycles. The molecule has 0 amide bonds. The molecule has 1 aliphatic rings. The Bertz CT molecular complexity index is 624. The van der Waals surface area contributed by atoms with Gasteiger partial charge < -0.3 is 15.4 Å². The Kier molecular flexibility index (Phi) is 7.68. The molecular weight excluding hydrogens is 341 g/mol. The van der Waals surface area contributed by atoms with Gasteiger partial charge in [-0.2, -0.15) is 0 Å². The number of halogens is 1. The maximum atomic E-state index is 13.8. The Morgan fingerprint density at radius 2 is 2.24 bits per heavy atom. The van der Waals surface area contributed by atoms with Crippen molar-refractivity contribution in [1.29, 1.82) is 0 Å². The van der Waals surface area contributed by atoms with Crippen molar-refractivity contribution in [2.45, 2.75) is 50.4 Å². The predicted octanol–water partition coefficient (Wildman–Crippen LogP) is 2.58. The van der Waals surface area contributed by atoms with Gasteiger partial charge in [0.05, 0.1) is 7.11 Å². The SMILES string of the molecule is CCS(=O)C1CCCC(NC(=NC)NCc2ccc(OC)c(F)c2)C1. The molecule has 2 N–H and O–H groups in total. The number of nitrogens with zero attached hydrogens (tertiary/aromatic N) is 1. The quantitative estimate of drug-likeness (QED) is 0.598. The normalized spacial score (nSPS) is 22.3. The zero-order valence-electron chi connectivity index (χ0n) is 15.2.